The molecule has 2 fully saturated rings. The van der Waals surface area contributed by atoms with Gasteiger partial charge < -0.3 is 4.74 Å². The van der Waals surface area contributed by atoms with E-state index in [9.17, 15) is 4.79 Å². The zero-order valence-electron chi connectivity index (χ0n) is 12.1. The van der Waals surface area contributed by atoms with Gasteiger partial charge >= 0.3 is 5.97 Å². The minimum absolute atomic E-state index is 0.0566. The molecular formula is C14H26N2O2. The summed E-state index contributed by atoms with van der Waals surface area (Å²) in [6.07, 6.45) is 5.68. The van der Waals surface area contributed by atoms with Gasteiger partial charge in [0.2, 0.25) is 0 Å². The molecular weight excluding hydrogens is 228 g/mol. The first-order valence-electron chi connectivity index (χ1n) is 7.22. The minimum Gasteiger partial charge on any atom is -0.466 e. The average molecular weight is 254 g/mol. The molecule has 0 aliphatic carbocycles. The maximum atomic E-state index is 11.6. The molecule has 1 spiro atoms. The largest absolute Gasteiger partial charge is 0.466 e. The van der Waals surface area contributed by atoms with Crippen LogP contribution in [-0.2, 0) is 9.53 Å². The van der Waals surface area contributed by atoms with E-state index in [2.05, 4.69) is 30.8 Å². The Morgan fingerprint density at radius 2 is 1.83 bits per heavy atom. The molecule has 2 heterocycles. The van der Waals surface area contributed by atoms with Crippen molar-refractivity contribution in [3.05, 3.63) is 0 Å². The fraction of sp³-hybridized carbons (Fsp3) is 0.929. The highest BCUT2D eigenvalue weighted by Crippen LogP contribution is 2.61. The van der Waals surface area contributed by atoms with E-state index in [0.29, 0.717) is 25.1 Å². The van der Waals surface area contributed by atoms with Crippen LogP contribution in [0.1, 0.15) is 46.0 Å². The first kappa shape index (κ1) is 13.8. The Morgan fingerprint density at radius 3 is 2.44 bits per heavy atom. The Morgan fingerprint density at radius 1 is 1.17 bits per heavy atom. The van der Waals surface area contributed by atoms with Gasteiger partial charge in [0.15, 0.2) is 0 Å². The highest BCUT2D eigenvalue weighted by molar-refractivity contribution is 5.71. The smallest absolute Gasteiger partial charge is 0.307 e. The van der Waals surface area contributed by atoms with Gasteiger partial charge in [-0.1, -0.05) is 26.2 Å². The van der Waals surface area contributed by atoms with E-state index in [1.807, 2.05) is 6.92 Å². The molecule has 0 aromatic carbocycles. The number of hydrogen-bond donors (Lipinski definition) is 0. The Kier molecular flexibility index (Phi) is 3.97. The van der Waals surface area contributed by atoms with Crippen molar-refractivity contribution in [3.8, 4) is 0 Å². The van der Waals surface area contributed by atoms with E-state index < -0.39 is 0 Å². The van der Waals surface area contributed by atoms with Crippen molar-refractivity contribution < 1.29 is 9.53 Å². The summed E-state index contributed by atoms with van der Waals surface area (Å²) in [6.45, 7) is 4.58. The molecule has 2 aliphatic heterocycles. The van der Waals surface area contributed by atoms with Gasteiger partial charge in [0.25, 0.3) is 0 Å². The van der Waals surface area contributed by atoms with E-state index in [4.69, 9.17) is 4.74 Å². The molecule has 4 heteroatoms. The van der Waals surface area contributed by atoms with Crippen LogP contribution in [-0.4, -0.2) is 54.2 Å². The molecule has 5 atom stereocenters. The van der Waals surface area contributed by atoms with E-state index in [-0.39, 0.29) is 11.6 Å². The number of likely N-dealkylation sites (N-methyl/N-ethyl adjacent to an activating group) is 2. The number of rotatable bonds is 7. The fourth-order valence-electron chi connectivity index (χ4n) is 3.59. The van der Waals surface area contributed by atoms with Gasteiger partial charge in [-0.3, -0.25) is 14.6 Å². The number of hydrogen-bond acceptors (Lipinski definition) is 4. The van der Waals surface area contributed by atoms with Gasteiger partial charge in [-0.2, -0.15) is 0 Å². The van der Waals surface area contributed by atoms with Crippen LogP contribution in [0.2, 0.25) is 0 Å². The first-order chi connectivity index (χ1) is 8.60. The zero-order chi connectivity index (χ0) is 13.3. The number of carbonyl (C=O) groups is 1. The lowest BCUT2D eigenvalue weighted by Gasteiger charge is -1.98. The molecule has 18 heavy (non-hydrogen) atoms. The van der Waals surface area contributed by atoms with Crippen molar-refractivity contribution >= 4 is 5.97 Å². The van der Waals surface area contributed by atoms with Gasteiger partial charge in [0, 0.05) is 6.04 Å². The van der Waals surface area contributed by atoms with Gasteiger partial charge in [-0.05, 0) is 27.4 Å². The normalized spacial score (nSPS) is 40.9. The molecule has 0 N–H and O–H groups in total. The molecule has 2 unspecified atom stereocenters. The van der Waals surface area contributed by atoms with Crippen molar-refractivity contribution in [3.63, 3.8) is 0 Å². The van der Waals surface area contributed by atoms with Crippen LogP contribution in [0.3, 0.4) is 0 Å². The molecule has 0 aromatic heterocycles. The SMILES string of the molecule is CCCCC[C@@H]1N(C)[C@@]12[C@@H](CC(=O)OCC)N2C. The molecule has 4 nitrogen and oxygen atoms in total. The molecule has 2 saturated heterocycles. The predicted molar refractivity (Wildman–Crippen MR) is 71.2 cm³/mol. The third-order valence-corrected chi connectivity index (χ3v) is 4.66. The lowest BCUT2D eigenvalue weighted by Crippen LogP contribution is -2.11. The summed E-state index contributed by atoms with van der Waals surface area (Å²) < 4.78 is 5.05. The molecule has 0 amide bonds. The molecule has 2 rings (SSSR count). The summed E-state index contributed by atoms with van der Waals surface area (Å²) in [5.74, 6) is -0.0566. The third-order valence-electron chi connectivity index (χ3n) is 4.66. The Balaban J connectivity index is 1.81. The second kappa shape index (κ2) is 5.17. The van der Waals surface area contributed by atoms with Crippen LogP contribution in [0.5, 0.6) is 0 Å². The number of ether oxygens (including phenoxy) is 1. The van der Waals surface area contributed by atoms with Crippen molar-refractivity contribution in [1.29, 1.82) is 0 Å². The first-order valence-corrected chi connectivity index (χ1v) is 7.22. The van der Waals surface area contributed by atoms with Crippen molar-refractivity contribution in [2.45, 2.75) is 63.7 Å². The highest BCUT2D eigenvalue weighted by Gasteiger charge is 2.79. The summed E-state index contributed by atoms with van der Waals surface area (Å²) in [4.78, 5) is 16.3. The second-order valence-corrected chi connectivity index (χ2v) is 5.54. The summed E-state index contributed by atoms with van der Waals surface area (Å²) >= 11 is 0. The highest BCUT2D eigenvalue weighted by atomic mass is 16.5. The van der Waals surface area contributed by atoms with Crippen LogP contribution < -0.4 is 0 Å². The van der Waals surface area contributed by atoms with Gasteiger partial charge in [0.05, 0.1) is 19.1 Å². The van der Waals surface area contributed by atoms with Crippen LogP contribution >= 0.6 is 0 Å². The van der Waals surface area contributed by atoms with E-state index in [1.54, 1.807) is 0 Å². The number of carbonyl (C=O) groups excluding carboxylic acids is 1. The quantitative estimate of drug-likeness (QED) is 0.394. The maximum absolute atomic E-state index is 11.6. The van der Waals surface area contributed by atoms with Gasteiger partial charge in [-0.25, -0.2) is 0 Å². The van der Waals surface area contributed by atoms with Crippen LogP contribution in [0.25, 0.3) is 0 Å². The predicted octanol–water partition coefficient (Wildman–Crippen LogP) is 1.84. The third kappa shape index (κ3) is 2.05. The molecule has 0 aromatic rings. The minimum atomic E-state index is -0.0566. The summed E-state index contributed by atoms with van der Waals surface area (Å²) in [5.41, 5.74) is 0.195. The van der Waals surface area contributed by atoms with Crippen molar-refractivity contribution in [2.75, 3.05) is 20.7 Å². The summed E-state index contributed by atoms with van der Waals surface area (Å²) in [6, 6.07) is 1.02. The Labute approximate surface area is 110 Å². The van der Waals surface area contributed by atoms with E-state index in [0.717, 1.165) is 0 Å². The molecule has 0 saturated carbocycles. The van der Waals surface area contributed by atoms with Crippen LogP contribution in [0.15, 0.2) is 0 Å². The lowest BCUT2D eigenvalue weighted by atomic mass is 10.1. The second-order valence-electron chi connectivity index (χ2n) is 5.54. The van der Waals surface area contributed by atoms with Crippen LogP contribution in [0, 0.1) is 0 Å². The van der Waals surface area contributed by atoms with Gasteiger partial charge in [-0.15, -0.1) is 0 Å². The van der Waals surface area contributed by atoms with Crippen LogP contribution in [0.4, 0.5) is 0 Å². The molecule has 2 aliphatic rings. The molecule has 104 valence electrons. The monoisotopic (exact) mass is 254 g/mol. The Bertz CT molecular complexity index is 321. The number of nitrogens with zero attached hydrogens (tertiary/aromatic N) is 2. The average Bonchev–Trinajstić information content (AvgIpc) is 3.11. The number of unbranched alkanes of at least 4 members (excludes halogenated alkanes) is 2. The van der Waals surface area contributed by atoms with Crippen molar-refractivity contribution in [2.24, 2.45) is 0 Å². The summed E-state index contributed by atoms with van der Waals surface area (Å²) in [7, 11) is 4.30. The van der Waals surface area contributed by atoms with Gasteiger partial charge in [0.1, 0.15) is 5.66 Å². The standard InChI is InChI=1S/C14H26N2O2/c1-5-7-8-9-11-14(15(11)3)12(16(14)4)10-13(17)18-6-2/h11-12H,5-10H2,1-4H3/t11-,12+,14-,15?,16?/m0/s1. The van der Waals surface area contributed by atoms with Crippen molar-refractivity contribution in [1.82, 2.24) is 9.80 Å². The maximum Gasteiger partial charge on any atom is 0.307 e. The fourth-order valence-corrected chi connectivity index (χ4v) is 3.59. The topological polar surface area (TPSA) is 32.3 Å². The molecule has 0 bridgehead atoms. The Hall–Kier alpha value is -0.610. The molecule has 0 radical (unpaired) electrons. The summed E-state index contributed by atoms with van der Waals surface area (Å²) in [5, 5.41) is 0. The lowest BCUT2D eigenvalue weighted by molar-refractivity contribution is -0.143. The van der Waals surface area contributed by atoms with E-state index >= 15 is 0 Å². The zero-order valence-corrected chi connectivity index (χ0v) is 12.1. The number of esters is 1. The van der Waals surface area contributed by atoms with E-state index in [1.165, 1.54) is 25.7 Å².